The Morgan fingerprint density at radius 1 is 1.16 bits per heavy atom. The molecule has 4 rings (SSSR count). The van der Waals surface area contributed by atoms with E-state index in [1.54, 1.807) is 16.8 Å². The van der Waals surface area contributed by atoms with E-state index in [9.17, 15) is 9.18 Å². The second-order valence-corrected chi connectivity index (χ2v) is 6.58. The van der Waals surface area contributed by atoms with E-state index in [4.69, 9.17) is 0 Å². The number of carbonyl (C=O) groups is 1. The summed E-state index contributed by atoms with van der Waals surface area (Å²) in [7, 11) is 0. The third-order valence-corrected chi connectivity index (χ3v) is 5.02. The molecule has 25 heavy (non-hydrogen) atoms. The third kappa shape index (κ3) is 3.18. The molecule has 1 aromatic carbocycles. The van der Waals surface area contributed by atoms with Crippen LogP contribution >= 0.6 is 0 Å². The number of hydrogen-bond donors (Lipinski definition) is 0. The van der Waals surface area contributed by atoms with Crippen molar-refractivity contribution < 1.29 is 9.18 Å². The van der Waals surface area contributed by atoms with Crippen LogP contribution in [0.15, 0.2) is 30.3 Å². The molecular weight excluding hydrogens is 321 g/mol. The second kappa shape index (κ2) is 6.74. The van der Waals surface area contributed by atoms with Crippen LogP contribution in [0.4, 0.5) is 4.39 Å². The summed E-state index contributed by atoms with van der Waals surface area (Å²) in [5, 5.41) is 11.8. The van der Waals surface area contributed by atoms with Crippen molar-refractivity contribution in [2.45, 2.75) is 38.1 Å². The zero-order valence-electron chi connectivity index (χ0n) is 13.9. The van der Waals surface area contributed by atoms with Gasteiger partial charge >= 0.3 is 0 Å². The maximum absolute atomic E-state index is 13.1. The molecular formula is C18H20FN5O. The summed E-state index contributed by atoms with van der Waals surface area (Å²) in [4.78, 5) is 14.9. The van der Waals surface area contributed by atoms with Gasteiger partial charge in [-0.05, 0) is 53.0 Å². The largest absolute Gasteiger partial charge is 0.338 e. The number of aryl methyl sites for hydroxylation is 1. The van der Waals surface area contributed by atoms with Gasteiger partial charge < -0.3 is 4.90 Å². The van der Waals surface area contributed by atoms with E-state index < -0.39 is 0 Å². The van der Waals surface area contributed by atoms with Crippen molar-refractivity contribution in [1.82, 2.24) is 25.1 Å². The predicted molar refractivity (Wildman–Crippen MR) is 90.0 cm³/mol. The molecule has 2 aromatic rings. The minimum absolute atomic E-state index is 0.104. The fourth-order valence-electron chi connectivity index (χ4n) is 3.61. The first-order chi connectivity index (χ1) is 12.2. The zero-order valence-corrected chi connectivity index (χ0v) is 13.9. The zero-order chi connectivity index (χ0) is 17.2. The first-order valence-corrected chi connectivity index (χ1v) is 8.72. The van der Waals surface area contributed by atoms with Gasteiger partial charge in [-0.1, -0.05) is 24.6 Å². The van der Waals surface area contributed by atoms with E-state index in [1.807, 2.05) is 4.90 Å². The van der Waals surface area contributed by atoms with Crippen molar-refractivity contribution in [2.75, 3.05) is 13.1 Å². The van der Waals surface area contributed by atoms with Crippen molar-refractivity contribution in [3.05, 3.63) is 47.5 Å². The highest BCUT2D eigenvalue weighted by atomic mass is 19.1. The molecule has 0 unspecified atom stereocenters. The van der Waals surface area contributed by atoms with Gasteiger partial charge in [-0.15, -0.1) is 5.10 Å². The molecule has 0 spiro atoms. The summed E-state index contributed by atoms with van der Waals surface area (Å²) < 4.78 is 14.8. The van der Waals surface area contributed by atoms with Gasteiger partial charge in [0.25, 0.3) is 0 Å². The molecule has 0 N–H and O–H groups in total. The number of aromatic nitrogens is 4. The van der Waals surface area contributed by atoms with Crippen molar-refractivity contribution >= 4 is 11.5 Å². The standard InChI is InChI=1S/C18H20FN5O/c19-15-6-4-13(5-7-15)14-8-11-23(12-9-14)18(25)16-3-1-2-10-24-17(16)20-21-22-24/h4-8,16H,1-3,9-12H2/t16-/m0/s1. The van der Waals surface area contributed by atoms with Crippen LogP contribution in [0.25, 0.3) is 5.57 Å². The topological polar surface area (TPSA) is 63.9 Å². The van der Waals surface area contributed by atoms with Gasteiger partial charge in [0, 0.05) is 19.6 Å². The van der Waals surface area contributed by atoms with Crippen LogP contribution in [-0.4, -0.2) is 44.1 Å². The summed E-state index contributed by atoms with van der Waals surface area (Å²) in [5.41, 5.74) is 2.18. The predicted octanol–water partition coefficient (Wildman–Crippen LogP) is 2.40. The maximum Gasteiger partial charge on any atom is 0.233 e. The lowest BCUT2D eigenvalue weighted by Crippen LogP contribution is -2.38. The Balaban J connectivity index is 1.49. The quantitative estimate of drug-likeness (QED) is 0.841. The van der Waals surface area contributed by atoms with Crippen molar-refractivity contribution in [3.63, 3.8) is 0 Å². The van der Waals surface area contributed by atoms with Crippen molar-refractivity contribution in [1.29, 1.82) is 0 Å². The molecule has 1 amide bonds. The number of rotatable bonds is 2. The summed E-state index contributed by atoms with van der Waals surface area (Å²) in [5.74, 6) is 0.310. The van der Waals surface area contributed by atoms with Crippen LogP contribution in [0.5, 0.6) is 0 Å². The molecule has 0 aliphatic carbocycles. The van der Waals surface area contributed by atoms with Gasteiger partial charge in [0.15, 0.2) is 5.82 Å². The maximum atomic E-state index is 13.1. The lowest BCUT2D eigenvalue weighted by molar-refractivity contribution is -0.132. The Bertz CT molecular complexity index is 798. The number of hydrogen-bond acceptors (Lipinski definition) is 4. The molecule has 2 aliphatic heterocycles. The first kappa shape index (κ1) is 15.9. The van der Waals surface area contributed by atoms with Crippen molar-refractivity contribution in [3.8, 4) is 0 Å². The summed E-state index contributed by atoms with van der Waals surface area (Å²) >= 11 is 0. The SMILES string of the molecule is O=C([C@H]1CCCCn2nnnc21)N1CC=C(c2ccc(F)cc2)CC1. The van der Waals surface area contributed by atoms with Gasteiger partial charge in [-0.3, -0.25) is 4.79 Å². The second-order valence-electron chi connectivity index (χ2n) is 6.58. The van der Waals surface area contributed by atoms with Gasteiger partial charge in [-0.2, -0.15) is 0 Å². The van der Waals surface area contributed by atoms with Gasteiger partial charge in [0.2, 0.25) is 5.91 Å². The summed E-state index contributed by atoms with van der Waals surface area (Å²) in [6, 6.07) is 6.52. The van der Waals surface area contributed by atoms with Gasteiger partial charge in [-0.25, -0.2) is 9.07 Å². The van der Waals surface area contributed by atoms with E-state index in [2.05, 4.69) is 21.6 Å². The molecule has 3 heterocycles. The number of fused-ring (bicyclic) bond motifs is 1. The fraction of sp³-hybridized carbons (Fsp3) is 0.444. The summed E-state index contributed by atoms with van der Waals surface area (Å²) in [6.45, 7) is 2.02. The number of benzene rings is 1. The Labute approximate surface area is 145 Å². The lowest BCUT2D eigenvalue weighted by Gasteiger charge is -2.29. The van der Waals surface area contributed by atoms with Gasteiger partial charge in [0.1, 0.15) is 5.82 Å². The summed E-state index contributed by atoms with van der Waals surface area (Å²) in [6.07, 6.45) is 5.62. The lowest BCUT2D eigenvalue weighted by atomic mass is 9.96. The molecule has 2 aliphatic rings. The molecule has 7 heteroatoms. The highest BCUT2D eigenvalue weighted by Gasteiger charge is 2.32. The van der Waals surface area contributed by atoms with Crippen LogP contribution in [0.2, 0.25) is 0 Å². The Morgan fingerprint density at radius 2 is 2.00 bits per heavy atom. The van der Waals surface area contributed by atoms with Gasteiger partial charge in [0.05, 0.1) is 5.92 Å². The Morgan fingerprint density at radius 3 is 2.76 bits per heavy atom. The minimum Gasteiger partial charge on any atom is -0.338 e. The van der Waals surface area contributed by atoms with Crippen LogP contribution in [0.1, 0.15) is 43.0 Å². The molecule has 0 saturated heterocycles. The molecule has 1 aromatic heterocycles. The normalized spacial score (nSPS) is 20.6. The molecule has 0 radical (unpaired) electrons. The highest BCUT2D eigenvalue weighted by molar-refractivity contribution is 5.84. The van der Waals surface area contributed by atoms with E-state index in [0.29, 0.717) is 18.9 Å². The average Bonchev–Trinajstić information content (AvgIpc) is 3.01. The fourth-order valence-corrected chi connectivity index (χ4v) is 3.61. The van der Waals surface area contributed by atoms with Crippen LogP contribution < -0.4 is 0 Å². The number of nitrogens with zero attached hydrogens (tertiary/aromatic N) is 5. The number of amides is 1. The molecule has 0 bridgehead atoms. The minimum atomic E-state index is -0.252. The average molecular weight is 341 g/mol. The molecule has 6 nitrogen and oxygen atoms in total. The third-order valence-electron chi connectivity index (χ3n) is 5.02. The Kier molecular flexibility index (Phi) is 4.29. The first-order valence-electron chi connectivity index (χ1n) is 8.72. The molecule has 0 fully saturated rings. The van der Waals surface area contributed by atoms with E-state index in [-0.39, 0.29) is 17.6 Å². The number of tetrazole rings is 1. The van der Waals surface area contributed by atoms with Crippen LogP contribution in [0, 0.1) is 5.82 Å². The van der Waals surface area contributed by atoms with E-state index >= 15 is 0 Å². The number of carbonyl (C=O) groups excluding carboxylic acids is 1. The molecule has 0 saturated carbocycles. The smallest absolute Gasteiger partial charge is 0.233 e. The van der Waals surface area contributed by atoms with E-state index in [1.165, 1.54) is 12.1 Å². The molecule has 130 valence electrons. The highest BCUT2D eigenvalue weighted by Crippen LogP contribution is 2.29. The van der Waals surface area contributed by atoms with Crippen molar-refractivity contribution in [2.24, 2.45) is 0 Å². The van der Waals surface area contributed by atoms with E-state index in [0.717, 1.165) is 43.4 Å². The number of halogens is 1. The monoisotopic (exact) mass is 341 g/mol. The Hall–Kier alpha value is -2.57. The van der Waals surface area contributed by atoms with Crippen LogP contribution in [-0.2, 0) is 11.3 Å². The van der Waals surface area contributed by atoms with Crippen LogP contribution in [0.3, 0.4) is 0 Å². The molecule has 1 atom stereocenters.